The van der Waals surface area contributed by atoms with E-state index >= 15 is 0 Å². The molecule has 0 aliphatic heterocycles. The van der Waals surface area contributed by atoms with Crippen molar-refractivity contribution in [3.63, 3.8) is 0 Å². The van der Waals surface area contributed by atoms with Crippen LogP contribution in [-0.4, -0.2) is 19.1 Å². The Balaban J connectivity index is 2.77. The van der Waals surface area contributed by atoms with E-state index in [1.165, 1.54) is 6.07 Å². The minimum absolute atomic E-state index is 0.0651. The van der Waals surface area contributed by atoms with Crippen molar-refractivity contribution in [3.8, 4) is 0 Å². The molecule has 2 N–H and O–H groups in total. The molecule has 1 rings (SSSR count). The van der Waals surface area contributed by atoms with Crippen molar-refractivity contribution in [1.82, 2.24) is 0 Å². The van der Waals surface area contributed by atoms with Gasteiger partial charge in [-0.25, -0.2) is 8.78 Å². The molecule has 0 aromatic heterocycles. The Morgan fingerprint density at radius 1 is 1.47 bits per heavy atom. The molecule has 0 fully saturated rings. The Hall–Kier alpha value is -1.49. The van der Waals surface area contributed by atoms with Crippen LogP contribution in [0.15, 0.2) is 18.2 Å². The summed E-state index contributed by atoms with van der Waals surface area (Å²) in [4.78, 5) is 11.5. The lowest BCUT2D eigenvalue weighted by Gasteiger charge is -2.13. The van der Waals surface area contributed by atoms with E-state index in [1.54, 1.807) is 6.92 Å². The highest BCUT2D eigenvalue weighted by molar-refractivity contribution is 5.73. The summed E-state index contributed by atoms with van der Waals surface area (Å²) in [5.74, 6) is -2.38. The fourth-order valence-corrected chi connectivity index (χ4v) is 1.48. The molecule has 1 unspecified atom stereocenters. The largest absolute Gasteiger partial charge is 0.466 e. The van der Waals surface area contributed by atoms with Gasteiger partial charge < -0.3 is 10.5 Å². The molecule has 0 heterocycles. The van der Waals surface area contributed by atoms with Crippen LogP contribution in [0.1, 0.15) is 12.5 Å². The molecule has 0 spiro atoms. The normalized spacial score (nSPS) is 12.2. The molecule has 1 aromatic rings. The lowest BCUT2D eigenvalue weighted by molar-refractivity contribution is -0.147. The predicted molar refractivity (Wildman–Crippen MR) is 59.2 cm³/mol. The van der Waals surface area contributed by atoms with Crippen molar-refractivity contribution in [1.29, 1.82) is 0 Å². The number of hydrogen-bond donors (Lipinski definition) is 1. The van der Waals surface area contributed by atoms with Gasteiger partial charge >= 0.3 is 5.97 Å². The SMILES string of the molecule is CCOC(=O)C(CN)Cc1ccc(F)cc1F. The van der Waals surface area contributed by atoms with E-state index in [0.29, 0.717) is 0 Å². The number of carbonyl (C=O) groups excluding carboxylic acids is 1. The molecular formula is C12H15F2NO2. The van der Waals surface area contributed by atoms with E-state index in [0.717, 1.165) is 12.1 Å². The molecule has 94 valence electrons. The molecule has 0 saturated heterocycles. The van der Waals surface area contributed by atoms with Crippen molar-refractivity contribution >= 4 is 5.97 Å². The summed E-state index contributed by atoms with van der Waals surface area (Å²) in [5, 5.41) is 0. The van der Waals surface area contributed by atoms with Gasteiger partial charge in [0.25, 0.3) is 0 Å². The molecule has 0 bridgehead atoms. The quantitative estimate of drug-likeness (QED) is 0.800. The zero-order chi connectivity index (χ0) is 12.8. The first kappa shape index (κ1) is 13.6. The van der Waals surface area contributed by atoms with Gasteiger partial charge in [-0.1, -0.05) is 6.07 Å². The Kier molecular flexibility index (Phi) is 5.03. The first-order chi connectivity index (χ1) is 8.08. The second-order valence-electron chi connectivity index (χ2n) is 3.62. The number of rotatable bonds is 5. The lowest BCUT2D eigenvalue weighted by atomic mass is 9.99. The van der Waals surface area contributed by atoms with Crippen LogP contribution in [0.2, 0.25) is 0 Å². The number of nitrogens with two attached hydrogens (primary N) is 1. The summed E-state index contributed by atoms with van der Waals surface area (Å²) < 4.78 is 30.9. The second kappa shape index (κ2) is 6.30. The minimum Gasteiger partial charge on any atom is -0.466 e. The number of halogens is 2. The Morgan fingerprint density at radius 3 is 2.71 bits per heavy atom. The number of carbonyl (C=O) groups is 1. The third-order valence-corrected chi connectivity index (χ3v) is 2.39. The average molecular weight is 243 g/mol. The van der Waals surface area contributed by atoms with E-state index in [1.807, 2.05) is 0 Å². The van der Waals surface area contributed by atoms with E-state index in [9.17, 15) is 13.6 Å². The van der Waals surface area contributed by atoms with Crippen molar-refractivity contribution < 1.29 is 18.3 Å². The highest BCUT2D eigenvalue weighted by Gasteiger charge is 2.20. The summed E-state index contributed by atoms with van der Waals surface area (Å²) >= 11 is 0. The average Bonchev–Trinajstić information content (AvgIpc) is 2.28. The van der Waals surface area contributed by atoms with E-state index in [-0.39, 0.29) is 25.1 Å². The molecule has 1 aromatic carbocycles. The van der Waals surface area contributed by atoms with Gasteiger partial charge in [-0.2, -0.15) is 0 Å². The van der Waals surface area contributed by atoms with Crippen molar-refractivity contribution in [2.75, 3.05) is 13.2 Å². The van der Waals surface area contributed by atoms with Gasteiger partial charge in [0.1, 0.15) is 11.6 Å². The standard InChI is InChI=1S/C12H15F2NO2/c1-2-17-12(16)9(7-15)5-8-3-4-10(13)6-11(8)14/h3-4,6,9H,2,5,7,15H2,1H3. The fraction of sp³-hybridized carbons (Fsp3) is 0.417. The molecule has 0 radical (unpaired) electrons. The lowest BCUT2D eigenvalue weighted by Crippen LogP contribution is -2.28. The van der Waals surface area contributed by atoms with Crippen LogP contribution in [0.5, 0.6) is 0 Å². The number of benzene rings is 1. The smallest absolute Gasteiger partial charge is 0.310 e. The molecule has 0 amide bonds. The summed E-state index contributed by atoms with van der Waals surface area (Å²) in [6.07, 6.45) is 0.113. The molecule has 3 nitrogen and oxygen atoms in total. The molecule has 0 aliphatic carbocycles. The molecule has 0 saturated carbocycles. The number of ether oxygens (including phenoxy) is 1. The zero-order valence-corrected chi connectivity index (χ0v) is 9.58. The van der Waals surface area contributed by atoms with Gasteiger partial charge in [0, 0.05) is 12.6 Å². The Morgan fingerprint density at radius 2 is 2.18 bits per heavy atom. The summed E-state index contributed by atoms with van der Waals surface area (Å²) in [5.41, 5.74) is 5.69. The van der Waals surface area contributed by atoms with Gasteiger partial charge in [0.2, 0.25) is 0 Å². The van der Waals surface area contributed by atoms with Gasteiger partial charge in [-0.3, -0.25) is 4.79 Å². The van der Waals surface area contributed by atoms with E-state index in [4.69, 9.17) is 10.5 Å². The van der Waals surface area contributed by atoms with Crippen LogP contribution in [-0.2, 0) is 16.0 Å². The van der Waals surface area contributed by atoms with Crippen LogP contribution in [0, 0.1) is 17.6 Å². The van der Waals surface area contributed by atoms with Crippen LogP contribution < -0.4 is 5.73 Å². The summed E-state index contributed by atoms with van der Waals surface area (Å²) in [6.45, 7) is 2.00. The number of hydrogen-bond acceptors (Lipinski definition) is 3. The van der Waals surface area contributed by atoms with E-state index in [2.05, 4.69) is 0 Å². The van der Waals surface area contributed by atoms with Crippen molar-refractivity contribution in [3.05, 3.63) is 35.4 Å². The van der Waals surface area contributed by atoms with Crippen molar-refractivity contribution in [2.24, 2.45) is 11.7 Å². The first-order valence-corrected chi connectivity index (χ1v) is 5.39. The van der Waals surface area contributed by atoms with Gasteiger partial charge in [-0.05, 0) is 25.0 Å². The highest BCUT2D eigenvalue weighted by Crippen LogP contribution is 2.15. The molecule has 1 atom stereocenters. The number of esters is 1. The topological polar surface area (TPSA) is 52.3 Å². The van der Waals surface area contributed by atoms with Gasteiger partial charge in [0.15, 0.2) is 0 Å². The summed E-state index contributed by atoms with van der Waals surface area (Å²) in [7, 11) is 0. The Bertz CT molecular complexity index is 396. The first-order valence-electron chi connectivity index (χ1n) is 5.39. The minimum atomic E-state index is -0.673. The van der Waals surface area contributed by atoms with Gasteiger partial charge in [-0.15, -0.1) is 0 Å². The molecular weight excluding hydrogens is 228 g/mol. The third-order valence-electron chi connectivity index (χ3n) is 2.39. The third kappa shape index (κ3) is 3.78. The molecule has 5 heteroatoms. The zero-order valence-electron chi connectivity index (χ0n) is 9.58. The maximum Gasteiger partial charge on any atom is 0.310 e. The van der Waals surface area contributed by atoms with E-state index < -0.39 is 23.5 Å². The predicted octanol–water partition coefficient (Wildman–Crippen LogP) is 1.65. The Labute approximate surface area is 98.6 Å². The monoisotopic (exact) mass is 243 g/mol. The maximum absolute atomic E-state index is 13.4. The molecule has 0 aliphatic rings. The second-order valence-corrected chi connectivity index (χ2v) is 3.62. The maximum atomic E-state index is 13.4. The fourth-order valence-electron chi connectivity index (χ4n) is 1.48. The van der Waals surface area contributed by atoms with Crippen LogP contribution >= 0.6 is 0 Å². The van der Waals surface area contributed by atoms with Gasteiger partial charge in [0.05, 0.1) is 12.5 Å². The van der Waals surface area contributed by atoms with Crippen LogP contribution in [0.4, 0.5) is 8.78 Å². The van der Waals surface area contributed by atoms with Crippen LogP contribution in [0.25, 0.3) is 0 Å². The highest BCUT2D eigenvalue weighted by atomic mass is 19.1. The summed E-state index contributed by atoms with van der Waals surface area (Å²) in [6, 6.07) is 3.25. The molecule has 17 heavy (non-hydrogen) atoms. The van der Waals surface area contributed by atoms with Crippen molar-refractivity contribution in [2.45, 2.75) is 13.3 Å². The van der Waals surface area contributed by atoms with Crippen LogP contribution in [0.3, 0.4) is 0 Å².